The topological polar surface area (TPSA) is 130 Å². The van der Waals surface area contributed by atoms with Crippen LogP contribution in [-0.4, -0.2) is 41.7 Å². The molecule has 1 amide bonds. The van der Waals surface area contributed by atoms with Crippen LogP contribution in [0.15, 0.2) is 53.5 Å². The highest BCUT2D eigenvalue weighted by Gasteiger charge is 2.37. The van der Waals surface area contributed by atoms with Gasteiger partial charge in [-0.3, -0.25) is 15.1 Å². The number of phenols is 2. The maximum Gasteiger partial charge on any atom is 0.258 e. The quantitative estimate of drug-likeness (QED) is 0.218. The van der Waals surface area contributed by atoms with E-state index in [0.29, 0.717) is 12.5 Å². The molecular weight excluding hydrogens is 394 g/mol. The molecule has 1 fully saturated rings. The minimum atomic E-state index is -0.509. The Morgan fingerprint density at radius 1 is 1.13 bits per heavy atom. The lowest BCUT2D eigenvalue weighted by Crippen LogP contribution is -2.49. The summed E-state index contributed by atoms with van der Waals surface area (Å²) in [7, 11) is 1.62. The third-order valence-corrected chi connectivity index (χ3v) is 5.90. The first-order valence-corrected chi connectivity index (χ1v) is 10.2. The molecule has 0 atom stereocenters. The molecule has 1 aliphatic rings. The number of nitrogens with one attached hydrogen (secondary N) is 3. The van der Waals surface area contributed by atoms with Crippen molar-refractivity contribution in [2.45, 2.75) is 37.1 Å². The third kappa shape index (κ3) is 5.07. The lowest BCUT2D eigenvalue weighted by Gasteiger charge is -2.41. The highest BCUT2D eigenvalue weighted by atomic mass is 16.3. The van der Waals surface area contributed by atoms with Crippen molar-refractivity contribution in [2.75, 3.05) is 13.6 Å². The molecule has 0 bridgehead atoms. The van der Waals surface area contributed by atoms with E-state index in [-0.39, 0.29) is 28.5 Å². The van der Waals surface area contributed by atoms with Crippen molar-refractivity contribution in [3.63, 3.8) is 0 Å². The predicted octanol–water partition coefficient (Wildman–Crippen LogP) is 2.35. The summed E-state index contributed by atoms with van der Waals surface area (Å²) in [6.45, 7) is 0.376. The van der Waals surface area contributed by atoms with Gasteiger partial charge in [-0.05, 0) is 43.4 Å². The first-order valence-electron chi connectivity index (χ1n) is 10.2. The number of carbonyl (C=O) groups excluding carboxylic acids is 1. The molecule has 162 valence electrons. The van der Waals surface area contributed by atoms with Crippen LogP contribution in [0, 0.1) is 11.5 Å². The number of nitrogens with zero attached hydrogens (tertiary/aromatic N) is 2. The van der Waals surface area contributed by atoms with Gasteiger partial charge in [0.05, 0.1) is 0 Å². The Morgan fingerprint density at radius 2 is 1.77 bits per heavy atom. The number of guanidine groups is 1. The smallest absolute Gasteiger partial charge is 0.258 e. The van der Waals surface area contributed by atoms with Crippen LogP contribution in [0.25, 0.3) is 0 Å². The van der Waals surface area contributed by atoms with Gasteiger partial charge in [0.1, 0.15) is 17.1 Å². The Hall–Kier alpha value is -3.73. The highest BCUT2D eigenvalue weighted by Crippen LogP contribution is 2.39. The number of carbonyl (C=O) groups is 1. The zero-order valence-electron chi connectivity index (χ0n) is 17.4. The largest absolute Gasteiger partial charge is 0.507 e. The summed E-state index contributed by atoms with van der Waals surface area (Å²) in [4.78, 5) is 16.8. The van der Waals surface area contributed by atoms with Crippen molar-refractivity contribution in [2.24, 2.45) is 4.99 Å². The number of hydrogen-bond donors (Lipinski definition) is 5. The number of nitriles is 1. The predicted molar refractivity (Wildman–Crippen MR) is 118 cm³/mol. The summed E-state index contributed by atoms with van der Waals surface area (Å²) in [6.07, 6.45) is 5.16. The van der Waals surface area contributed by atoms with Crippen molar-refractivity contribution in [1.29, 1.82) is 5.26 Å². The van der Waals surface area contributed by atoms with E-state index < -0.39 is 5.91 Å². The van der Waals surface area contributed by atoms with Crippen LogP contribution in [-0.2, 0) is 5.41 Å². The number of hydrogen-bond acceptors (Lipinski definition) is 5. The Balaban J connectivity index is 1.75. The Labute approximate surface area is 181 Å². The van der Waals surface area contributed by atoms with E-state index in [0.717, 1.165) is 31.2 Å². The Morgan fingerprint density at radius 3 is 2.35 bits per heavy atom. The molecule has 0 aromatic heterocycles. The summed E-state index contributed by atoms with van der Waals surface area (Å²) in [5.41, 5.74) is 0.739. The van der Waals surface area contributed by atoms with Gasteiger partial charge in [-0.15, -0.1) is 0 Å². The van der Waals surface area contributed by atoms with Crippen molar-refractivity contribution in [1.82, 2.24) is 16.0 Å². The van der Waals surface area contributed by atoms with Crippen LogP contribution >= 0.6 is 0 Å². The van der Waals surface area contributed by atoms with Crippen LogP contribution < -0.4 is 16.0 Å². The third-order valence-electron chi connectivity index (χ3n) is 5.90. The van der Waals surface area contributed by atoms with E-state index in [9.17, 15) is 15.0 Å². The van der Waals surface area contributed by atoms with E-state index in [1.165, 1.54) is 18.2 Å². The van der Waals surface area contributed by atoms with Gasteiger partial charge in [-0.25, -0.2) is 0 Å². The number of phenolic OH excluding ortho intramolecular Hbond substituents is 2. The molecular formula is C23H27N5O3. The first kappa shape index (κ1) is 22.0. The fourth-order valence-electron chi connectivity index (χ4n) is 4.18. The Bertz CT molecular complexity index is 956. The van der Waals surface area contributed by atoms with Gasteiger partial charge in [0.25, 0.3) is 5.91 Å². The second-order valence-electron chi connectivity index (χ2n) is 7.73. The van der Waals surface area contributed by atoms with E-state index in [2.05, 4.69) is 33.1 Å². The number of aliphatic imine (C=N–C) groups is 1. The monoisotopic (exact) mass is 421 g/mol. The standard InChI is InChI=1S/C23H27N5O3/c1-25-22(27-15-24)28-17-10-12-23(13-11-17,16-6-3-2-4-7-16)14-26-21(31)20-18(29)8-5-9-19(20)30/h2-9,17,29-30H,10-14H2,1H3,(H,26,31)(H2,25,27,28). The Kier molecular flexibility index (Phi) is 6.98. The second-order valence-corrected chi connectivity index (χ2v) is 7.73. The molecule has 2 aromatic rings. The molecule has 1 aliphatic carbocycles. The lowest BCUT2D eigenvalue weighted by molar-refractivity contribution is 0.0929. The molecule has 0 saturated heterocycles. The van der Waals surface area contributed by atoms with Gasteiger partial charge < -0.3 is 20.8 Å². The molecule has 5 N–H and O–H groups in total. The molecule has 0 unspecified atom stereocenters. The second kappa shape index (κ2) is 9.85. The zero-order valence-corrected chi connectivity index (χ0v) is 17.4. The number of benzene rings is 2. The van der Waals surface area contributed by atoms with Crippen LogP contribution in [0.4, 0.5) is 0 Å². The summed E-state index contributed by atoms with van der Waals surface area (Å²) < 4.78 is 0. The lowest BCUT2D eigenvalue weighted by atomic mass is 9.68. The van der Waals surface area contributed by atoms with Crippen LogP contribution in [0.2, 0.25) is 0 Å². The molecule has 0 aliphatic heterocycles. The van der Waals surface area contributed by atoms with Crippen molar-refractivity contribution in [3.8, 4) is 17.7 Å². The number of amides is 1. The normalized spacial score (nSPS) is 21.0. The zero-order chi connectivity index (χ0) is 22.3. The number of rotatable bonds is 5. The molecule has 8 heteroatoms. The first-order chi connectivity index (χ1) is 15.0. The average molecular weight is 422 g/mol. The summed E-state index contributed by atoms with van der Waals surface area (Å²) >= 11 is 0. The van der Waals surface area contributed by atoms with E-state index >= 15 is 0 Å². The van der Waals surface area contributed by atoms with Gasteiger partial charge in [0.2, 0.25) is 5.96 Å². The van der Waals surface area contributed by atoms with Gasteiger partial charge >= 0.3 is 0 Å². The maximum atomic E-state index is 12.7. The molecule has 3 rings (SSSR count). The average Bonchev–Trinajstić information content (AvgIpc) is 2.79. The van der Waals surface area contributed by atoms with Crippen LogP contribution in [0.1, 0.15) is 41.6 Å². The van der Waals surface area contributed by atoms with Crippen LogP contribution in [0.3, 0.4) is 0 Å². The molecule has 8 nitrogen and oxygen atoms in total. The van der Waals surface area contributed by atoms with Crippen molar-refractivity contribution < 1.29 is 15.0 Å². The van der Waals surface area contributed by atoms with E-state index in [4.69, 9.17) is 5.26 Å². The van der Waals surface area contributed by atoms with Crippen molar-refractivity contribution in [3.05, 3.63) is 59.7 Å². The molecule has 0 radical (unpaired) electrons. The van der Waals surface area contributed by atoms with Gasteiger partial charge in [0, 0.05) is 25.0 Å². The minimum absolute atomic E-state index is 0.118. The summed E-state index contributed by atoms with van der Waals surface area (Å²) in [5.74, 6) is -0.570. The summed E-state index contributed by atoms with van der Waals surface area (Å²) in [6, 6.07) is 14.4. The summed E-state index contributed by atoms with van der Waals surface area (Å²) in [5, 5.41) is 37.5. The van der Waals surface area contributed by atoms with E-state index in [1.54, 1.807) is 7.05 Å². The molecule has 0 spiro atoms. The van der Waals surface area contributed by atoms with Crippen LogP contribution in [0.5, 0.6) is 11.5 Å². The molecule has 1 saturated carbocycles. The maximum absolute atomic E-state index is 12.7. The van der Waals surface area contributed by atoms with E-state index in [1.807, 2.05) is 24.4 Å². The fourth-order valence-corrected chi connectivity index (χ4v) is 4.18. The molecule has 2 aromatic carbocycles. The molecule has 0 heterocycles. The fraction of sp³-hybridized carbons (Fsp3) is 0.348. The highest BCUT2D eigenvalue weighted by molar-refractivity contribution is 5.99. The number of aromatic hydroxyl groups is 2. The van der Waals surface area contributed by atoms with Gasteiger partial charge in [-0.2, -0.15) is 5.26 Å². The molecule has 31 heavy (non-hydrogen) atoms. The minimum Gasteiger partial charge on any atom is -0.507 e. The SMILES string of the molecule is CN=C(NC#N)NC1CCC(CNC(=O)c2c(O)cccc2O)(c2ccccc2)CC1. The van der Waals surface area contributed by atoms with Gasteiger partial charge in [0.15, 0.2) is 6.19 Å². The van der Waals surface area contributed by atoms with Gasteiger partial charge in [-0.1, -0.05) is 36.4 Å². The van der Waals surface area contributed by atoms with Crippen molar-refractivity contribution >= 4 is 11.9 Å².